The summed E-state index contributed by atoms with van der Waals surface area (Å²) in [7, 11) is 1.35. The Morgan fingerprint density at radius 3 is 2.55 bits per heavy atom. The molecule has 124 valence electrons. The number of carbonyl (C=O) groups is 1. The summed E-state index contributed by atoms with van der Waals surface area (Å²) in [6.45, 7) is 2.25. The van der Waals surface area contributed by atoms with Crippen LogP contribution in [0, 0.1) is 0 Å². The Labute approximate surface area is 127 Å². The first-order chi connectivity index (χ1) is 10.2. The van der Waals surface area contributed by atoms with Crippen LogP contribution < -0.4 is 20.3 Å². The maximum atomic E-state index is 12.5. The minimum absolute atomic E-state index is 0.0541. The molecule has 0 aliphatic carbocycles. The van der Waals surface area contributed by atoms with E-state index in [1.54, 1.807) is 32.9 Å². The van der Waals surface area contributed by atoms with Crippen molar-refractivity contribution in [2.24, 2.45) is 0 Å². The zero-order chi connectivity index (χ0) is 16.8. The summed E-state index contributed by atoms with van der Waals surface area (Å²) in [4.78, 5) is 11.5. The van der Waals surface area contributed by atoms with Crippen molar-refractivity contribution in [3.63, 3.8) is 0 Å². The van der Waals surface area contributed by atoms with E-state index >= 15 is 0 Å². The van der Waals surface area contributed by atoms with Crippen LogP contribution in [0.5, 0.6) is 11.5 Å². The SMILES string of the molecule is COc1cccc(CNNC(=O)OC(C)(C)C)c1OC(F)F. The van der Waals surface area contributed by atoms with Crippen molar-refractivity contribution in [2.75, 3.05) is 7.11 Å². The Bertz CT molecular complexity index is 504. The van der Waals surface area contributed by atoms with Crippen molar-refractivity contribution in [2.45, 2.75) is 39.5 Å². The summed E-state index contributed by atoms with van der Waals surface area (Å²) in [6.07, 6.45) is -0.674. The minimum atomic E-state index is -2.98. The molecule has 0 aliphatic heterocycles. The van der Waals surface area contributed by atoms with Crippen LogP contribution in [0.25, 0.3) is 0 Å². The number of ether oxygens (including phenoxy) is 3. The van der Waals surface area contributed by atoms with Crippen molar-refractivity contribution in [3.05, 3.63) is 23.8 Å². The Balaban J connectivity index is 2.67. The Hall–Kier alpha value is -2.09. The predicted molar refractivity (Wildman–Crippen MR) is 75.8 cm³/mol. The van der Waals surface area contributed by atoms with Crippen LogP contribution in [0.4, 0.5) is 13.6 Å². The van der Waals surface area contributed by atoms with Gasteiger partial charge in [0.15, 0.2) is 11.5 Å². The van der Waals surface area contributed by atoms with Crippen LogP contribution in [-0.2, 0) is 11.3 Å². The Kier molecular flexibility index (Phi) is 6.36. The molecule has 1 aromatic carbocycles. The van der Waals surface area contributed by atoms with Gasteiger partial charge in [-0.1, -0.05) is 12.1 Å². The predicted octanol–water partition coefficient (Wildman–Crippen LogP) is 2.83. The van der Waals surface area contributed by atoms with Crippen LogP contribution in [0.3, 0.4) is 0 Å². The van der Waals surface area contributed by atoms with Gasteiger partial charge in [0.05, 0.1) is 7.11 Å². The van der Waals surface area contributed by atoms with Crippen LogP contribution in [0.2, 0.25) is 0 Å². The molecule has 0 radical (unpaired) electrons. The number of amides is 1. The number of nitrogens with one attached hydrogen (secondary N) is 2. The van der Waals surface area contributed by atoms with E-state index in [4.69, 9.17) is 9.47 Å². The second-order valence-electron chi connectivity index (χ2n) is 5.31. The van der Waals surface area contributed by atoms with Gasteiger partial charge in [0.1, 0.15) is 5.60 Å². The molecule has 0 fully saturated rings. The third-order valence-electron chi connectivity index (χ3n) is 2.36. The molecule has 0 heterocycles. The number of carbonyl (C=O) groups excluding carboxylic acids is 1. The first-order valence-electron chi connectivity index (χ1n) is 6.55. The number of methoxy groups -OCH3 is 1. The summed E-state index contributed by atoms with van der Waals surface area (Å²) >= 11 is 0. The van der Waals surface area contributed by atoms with E-state index in [9.17, 15) is 13.6 Å². The van der Waals surface area contributed by atoms with Gasteiger partial charge in [-0.15, -0.1) is 0 Å². The summed E-state index contributed by atoms with van der Waals surface area (Å²) in [5, 5.41) is 0. The van der Waals surface area contributed by atoms with Crippen molar-refractivity contribution in [1.29, 1.82) is 0 Å². The summed E-state index contributed by atoms with van der Waals surface area (Å²) in [5.74, 6) is 0.0929. The quantitative estimate of drug-likeness (QED) is 0.789. The molecule has 1 aromatic rings. The van der Waals surface area contributed by atoms with E-state index in [-0.39, 0.29) is 18.0 Å². The maximum Gasteiger partial charge on any atom is 0.422 e. The lowest BCUT2D eigenvalue weighted by atomic mass is 10.2. The zero-order valence-corrected chi connectivity index (χ0v) is 12.9. The highest BCUT2D eigenvalue weighted by Crippen LogP contribution is 2.32. The van der Waals surface area contributed by atoms with Gasteiger partial charge >= 0.3 is 12.7 Å². The van der Waals surface area contributed by atoms with Crippen LogP contribution in [0.15, 0.2) is 18.2 Å². The molecule has 0 bridgehead atoms. The fourth-order valence-electron chi connectivity index (χ4n) is 1.60. The maximum absolute atomic E-state index is 12.5. The van der Waals surface area contributed by atoms with Crippen LogP contribution in [0.1, 0.15) is 26.3 Å². The molecule has 0 aromatic heterocycles. The fourth-order valence-corrected chi connectivity index (χ4v) is 1.60. The molecule has 1 amide bonds. The van der Waals surface area contributed by atoms with Crippen molar-refractivity contribution in [1.82, 2.24) is 10.9 Å². The molecule has 6 nitrogen and oxygen atoms in total. The van der Waals surface area contributed by atoms with E-state index < -0.39 is 18.3 Å². The van der Waals surface area contributed by atoms with Gasteiger partial charge in [-0.2, -0.15) is 8.78 Å². The molecule has 8 heteroatoms. The molecule has 0 unspecified atom stereocenters. The average Bonchev–Trinajstić information content (AvgIpc) is 2.37. The summed E-state index contributed by atoms with van der Waals surface area (Å²) in [5.41, 5.74) is 4.66. The fraction of sp³-hybridized carbons (Fsp3) is 0.500. The smallest absolute Gasteiger partial charge is 0.422 e. The molecular formula is C14H20F2N2O4. The number of para-hydroxylation sites is 1. The molecule has 1 rings (SSSR count). The largest absolute Gasteiger partial charge is 0.493 e. The van der Waals surface area contributed by atoms with E-state index in [2.05, 4.69) is 15.6 Å². The average molecular weight is 318 g/mol. The first-order valence-corrected chi connectivity index (χ1v) is 6.55. The molecule has 0 aliphatic rings. The molecule has 0 saturated heterocycles. The van der Waals surface area contributed by atoms with Gasteiger partial charge in [0.25, 0.3) is 0 Å². The van der Waals surface area contributed by atoms with Gasteiger partial charge in [0.2, 0.25) is 0 Å². The van der Waals surface area contributed by atoms with Gasteiger partial charge in [0, 0.05) is 12.1 Å². The van der Waals surface area contributed by atoms with E-state index in [0.29, 0.717) is 5.56 Å². The lowest BCUT2D eigenvalue weighted by Crippen LogP contribution is -2.40. The van der Waals surface area contributed by atoms with Crippen molar-refractivity contribution in [3.8, 4) is 11.5 Å². The number of hydrazine groups is 1. The Morgan fingerprint density at radius 2 is 2.00 bits per heavy atom. The van der Waals surface area contributed by atoms with Gasteiger partial charge < -0.3 is 14.2 Å². The topological polar surface area (TPSA) is 68.8 Å². The number of rotatable bonds is 6. The highest BCUT2D eigenvalue weighted by Gasteiger charge is 2.17. The number of hydrogen-bond acceptors (Lipinski definition) is 5. The van der Waals surface area contributed by atoms with Gasteiger partial charge in [-0.05, 0) is 26.8 Å². The van der Waals surface area contributed by atoms with Gasteiger partial charge in [-0.25, -0.2) is 10.2 Å². The van der Waals surface area contributed by atoms with Crippen molar-refractivity contribution < 1.29 is 27.8 Å². The zero-order valence-electron chi connectivity index (χ0n) is 12.9. The number of halogens is 2. The highest BCUT2D eigenvalue weighted by atomic mass is 19.3. The van der Waals surface area contributed by atoms with Crippen molar-refractivity contribution >= 4 is 6.09 Å². The molecule has 0 atom stereocenters. The minimum Gasteiger partial charge on any atom is -0.493 e. The Morgan fingerprint density at radius 1 is 1.32 bits per heavy atom. The second-order valence-corrected chi connectivity index (χ2v) is 5.31. The normalized spacial score (nSPS) is 11.2. The summed E-state index contributed by atoms with van der Waals surface area (Å²) < 4.78 is 39.4. The number of alkyl halides is 2. The first kappa shape index (κ1) is 18.0. The molecule has 0 spiro atoms. The molecule has 0 saturated carbocycles. The highest BCUT2D eigenvalue weighted by molar-refractivity contribution is 5.67. The molecular weight excluding hydrogens is 298 g/mol. The van der Waals surface area contributed by atoms with E-state index in [1.165, 1.54) is 13.2 Å². The number of hydrogen-bond donors (Lipinski definition) is 2. The van der Waals surface area contributed by atoms with E-state index in [1.807, 2.05) is 0 Å². The molecule has 2 N–H and O–H groups in total. The van der Waals surface area contributed by atoms with Crippen LogP contribution >= 0.6 is 0 Å². The van der Waals surface area contributed by atoms with Gasteiger partial charge in [-0.3, -0.25) is 5.43 Å². The monoisotopic (exact) mass is 318 g/mol. The third kappa shape index (κ3) is 6.13. The standard InChI is InChI=1S/C14H20F2N2O4/c1-14(2,3)22-13(19)18-17-8-9-6-5-7-10(20-4)11(9)21-12(15)16/h5-7,12,17H,8H2,1-4H3,(H,18,19). The second kappa shape index (κ2) is 7.79. The van der Waals surface area contributed by atoms with E-state index in [0.717, 1.165) is 0 Å². The number of benzene rings is 1. The third-order valence-corrected chi connectivity index (χ3v) is 2.36. The lowest BCUT2D eigenvalue weighted by Gasteiger charge is -2.20. The molecule has 22 heavy (non-hydrogen) atoms. The summed E-state index contributed by atoms with van der Waals surface area (Å²) in [6, 6.07) is 4.70. The van der Waals surface area contributed by atoms with Crippen LogP contribution in [-0.4, -0.2) is 25.4 Å². The lowest BCUT2D eigenvalue weighted by molar-refractivity contribution is -0.0519.